The fourth-order valence-electron chi connectivity index (χ4n) is 2.84. The molecule has 2 aromatic heterocycles. The van der Waals surface area contributed by atoms with Crippen LogP contribution >= 0.6 is 23.1 Å². The van der Waals surface area contributed by atoms with E-state index in [1.165, 1.54) is 30.0 Å². The van der Waals surface area contributed by atoms with Crippen LogP contribution in [0, 0.1) is 13.8 Å². The standard InChI is InChI=1S/C20H21N3O3S2/c1-5-23-19(26)17-11(2)13(4)28-18(17)22-20(23)27-10-16(25)21-15-8-6-7-14(9-15)12(3)24/h6-9H,5,10H2,1-4H3,(H,21,25). The Kier molecular flexibility index (Phi) is 6.00. The van der Waals surface area contributed by atoms with Crippen molar-refractivity contribution in [2.45, 2.75) is 39.4 Å². The fourth-order valence-corrected chi connectivity index (χ4v) is 4.77. The largest absolute Gasteiger partial charge is 0.325 e. The van der Waals surface area contributed by atoms with Gasteiger partial charge in [-0.25, -0.2) is 4.98 Å². The highest BCUT2D eigenvalue weighted by molar-refractivity contribution is 7.99. The van der Waals surface area contributed by atoms with Crippen LogP contribution in [0.15, 0.2) is 34.2 Å². The van der Waals surface area contributed by atoms with Crippen molar-refractivity contribution in [3.63, 3.8) is 0 Å². The molecule has 0 aliphatic heterocycles. The van der Waals surface area contributed by atoms with E-state index in [1.807, 2.05) is 20.8 Å². The lowest BCUT2D eigenvalue weighted by molar-refractivity contribution is -0.113. The zero-order valence-electron chi connectivity index (χ0n) is 16.2. The Morgan fingerprint density at radius 2 is 2.04 bits per heavy atom. The number of nitrogens with zero attached hydrogens (tertiary/aromatic N) is 2. The molecule has 0 unspecified atom stereocenters. The number of thioether (sulfide) groups is 1. The van der Waals surface area contributed by atoms with Gasteiger partial charge in [0, 0.05) is 22.7 Å². The van der Waals surface area contributed by atoms with Crippen molar-refractivity contribution < 1.29 is 9.59 Å². The van der Waals surface area contributed by atoms with E-state index in [4.69, 9.17) is 0 Å². The molecular weight excluding hydrogens is 394 g/mol. The van der Waals surface area contributed by atoms with Gasteiger partial charge in [-0.1, -0.05) is 23.9 Å². The lowest BCUT2D eigenvalue weighted by Crippen LogP contribution is -2.23. The molecule has 146 valence electrons. The van der Waals surface area contributed by atoms with E-state index < -0.39 is 0 Å². The number of amides is 1. The summed E-state index contributed by atoms with van der Waals surface area (Å²) >= 11 is 2.73. The molecule has 0 atom stereocenters. The molecule has 2 heterocycles. The van der Waals surface area contributed by atoms with Crippen molar-refractivity contribution in [2.24, 2.45) is 0 Å². The predicted octanol–water partition coefficient (Wildman–Crippen LogP) is 4.03. The number of ketones is 1. The Morgan fingerprint density at radius 3 is 2.71 bits per heavy atom. The van der Waals surface area contributed by atoms with Gasteiger partial charge in [0.05, 0.1) is 11.1 Å². The van der Waals surface area contributed by atoms with Crippen LogP contribution in [0.25, 0.3) is 10.2 Å². The number of fused-ring (bicyclic) bond motifs is 1. The van der Waals surface area contributed by atoms with Gasteiger partial charge in [0.25, 0.3) is 5.56 Å². The third-order valence-corrected chi connectivity index (χ3v) is 6.53. The SMILES string of the molecule is CCn1c(SCC(=O)Nc2cccc(C(C)=O)c2)nc2sc(C)c(C)c2c1=O. The van der Waals surface area contributed by atoms with Gasteiger partial charge in [0.15, 0.2) is 10.9 Å². The lowest BCUT2D eigenvalue weighted by Gasteiger charge is -2.10. The molecule has 8 heteroatoms. The normalized spacial score (nSPS) is 11.0. The minimum absolute atomic E-state index is 0.0588. The number of aryl methyl sites for hydroxylation is 2. The number of aromatic nitrogens is 2. The second-order valence-corrected chi connectivity index (χ2v) is 8.53. The van der Waals surface area contributed by atoms with E-state index in [1.54, 1.807) is 28.8 Å². The highest BCUT2D eigenvalue weighted by atomic mass is 32.2. The van der Waals surface area contributed by atoms with Crippen LogP contribution in [0.5, 0.6) is 0 Å². The average molecular weight is 416 g/mol. The first-order chi connectivity index (χ1) is 13.3. The Bertz CT molecular complexity index is 1130. The van der Waals surface area contributed by atoms with Crippen LogP contribution in [-0.4, -0.2) is 27.0 Å². The molecule has 0 fully saturated rings. The molecule has 0 radical (unpaired) electrons. The van der Waals surface area contributed by atoms with Crippen molar-refractivity contribution in [1.29, 1.82) is 0 Å². The second kappa shape index (κ2) is 8.28. The van der Waals surface area contributed by atoms with Gasteiger partial charge < -0.3 is 5.32 Å². The first-order valence-electron chi connectivity index (χ1n) is 8.86. The number of benzene rings is 1. The Hall–Kier alpha value is -2.45. The van der Waals surface area contributed by atoms with E-state index in [2.05, 4.69) is 10.3 Å². The number of carbonyl (C=O) groups excluding carboxylic acids is 2. The van der Waals surface area contributed by atoms with E-state index >= 15 is 0 Å². The van der Waals surface area contributed by atoms with Crippen molar-refractivity contribution in [1.82, 2.24) is 9.55 Å². The van der Waals surface area contributed by atoms with Gasteiger partial charge in [-0.3, -0.25) is 19.0 Å². The molecule has 3 aromatic rings. The topological polar surface area (TPSA) is 81.1 Å². The number of hydrogen-bond donors (Lipinski definition) is 1. The summed E-state index contributed by atoms with van der Waals surface area (Å²) in [6.07, 6.45) is 0. The lowest BCUT2D eigenvalue weighted by atomic mass is 10.1. The fraction of sp³-hybridized carbons (Fsp3) is 0.300. The van der Waals surface area contributed by atoms with Crippen LogP contribution in [0.4, 0.5) is 5.69 Å². The van der Waals surface area contributed by atoms with E-state index in [-0.39, 0.29) is 23.0 Å². The number of Topliss-reactive ketones (excluding diaryl/α,β-unsaturated/α-hetero) is 1. The number of anilines is 1. The molecule has 3 rings (SSSR count). The van der Waals surface area contributed by atoms with Gasteiger partial charge in [-0.2, -0.15) is 0 Å². The molecule has 0 spiro atoms. The van der Waals surface area contributed by atoms with Crippen LogP contribution < -0.4 is 10.9 Å². The first kappa shape index (κ1) is 20.3. The number of thiophene rings is 1. The second-order valence-electron chi connectivity index (χ2n) is 6.38. The maximum Gasteiger partial charge on any atom is 0.263 e. The maximum absolute atomic E-state index is 12.8. The summed E-state index contributed by atoms with van der Waals surface area (Å²) in [5.41, 5.74) is 2.02. The molecule has 1 amide bonds. The average Bonchev–Trinajstić information content (AvgIpc) is 2.94. The molecule has 0 saturated heterocycles. The Balaban J connectivity index is 1.79. The highest BCUT2D eigenvalue weighted by Crippen LogP contribution is 2.28. The first-order valence-corrected chi connectivity index (χ1v) is 10.7. The van der Waals surface area contributed by atoms with Crippen molar-refractivity contribution in [2.75, 3.05) is 11.1 Å². The van der Waals surface area contributed by atoms with Gasteiger partial charge in [-0.15, -0.1) is 11.3 Å². The van der Waals surface area contributed by atoms with Crippen molar-refractivity contribution >= 4 is 50.7 Å². The van der Waals surface area contributed by atoms with E-state index in [0.717, 1.165) is 10.4 Å². The number of rotatable bonds is 6. The monoisotopic (exact) mass is 415 g/mol. The molecule has 0 aliphatic carbocycles. The third kappa shape index (κ3) is 4.02. The Labute approximate surface area is 171 Å². The summed E-state index contributed by atoms with van der Waals surface area (Å²) in [6.45, 7) is 7.78. The number of carbonyl (C=O) groups is 2. The summed E-state index contributed by atoms with van der Waals surface area (Å²) in [7, 11) is 0. The minimum Gasteiger partial charge on any atom is -0.325 e. The molecule has 1 N–H and O–H groups in total. The molecule has 28 heavy (non-hydrogen) atoms. The molecule has 0 saturated carbocycles. The smallest absolute Gasteiger partial charge is 0.263 e. The Morgan fingerprint density at radius 1 is 1.29 bits per heavy atom. The van der Waals surface area contributed by atoms with E-state index in [9.17, 15) is 14.4 Å². The number of hydrogen-bond acceptors (Lipinski definition) is 6. The summed E-state index contributed by atoms with van der Waals surface area (Å²) < 4.78 is 1.61. The molecule has 1 aromatic carbocycles. The zero-order chi connectivity index (χ0) is 20.4. The van der Waals surface area contributed by atoms with Gasteiger partial charge in [0.1, 0.15) is 4.83 Å². The quantitative estimate of drug-likeness (QED) is 0.373. The van der Waals surface area contributed by atoms with E-state index in [0.29, 0.717) is 33.2 Å². The van der Waals surface area contributed by atoms with Crippen molar-refractivity contribution in [3.05, 3.63) is 50.6 Å². The van der Waals surface area contributed by atoms with Crippen LogP contribution in [-0.2, 0) is 11.3 Å². The molecular formula is C20H21N3O3S2. The molecule has 0 aliphatic rings. The van der Waals surface area contributed by atoms with Gasteiger partial charge >= 0.3 is 0 Å². The third-order valence-electron chi connectivity index (χ3n) is 4.46. The van der Waals surface area contributed by atoms with Crippen LogP contribution in [0.3, 0.4) is 0 Å². The summed E-state index contributed by atoms with van der Waals surface area (Å²) in [5, 5.41) is 3.99. The van der Waals surface area contributed by atoms with Gasteiger partial charge in [0.2, 0.25) is 5.91 Å². The molecule has 6 nitrogen and oxygen atoms in total. The highest BCUT2D eigenvalue weighted by Gasteiger charge is 2.17. The predicted molar refractivity (Wildman–Crippen MR) is 115 cm³/mol. The summed E-state index contributed by atoms with van der Waals surface area (Å²) in [4.78, 5) is 43.1. The maximum atomic E-state index is 12.8. The molecule has 0 bridgehead atoms. The van der Waals surface area contributed by atoms with Crippen LogP contribution in [0.1, 0.15) is 34.6 Å². The van der Waals surface area contributed by atoms with Crippen molar-refractivity contribution in [3.8, 4) is 0 Å². The zero-order valence-corrected chi connectivity index (χ0v) is 17.8. The number of nitrogens with one attached hydrogen (secondary N) is 1. The summed E-state index contributed by atoms with van der Waals surface area (Å²) in [6, 6.07) is 6.81. The minimum atomic E-state index is -0.221. The van der Waals surface area contributed by atoms with Crippen LogP contribution in [0.2, 0.25) is 0 Å². The van der Waals surface area contributed by atoms with Gasteiger partial charge in [-0.05, 0) is 45.4 Å². The summed E-state index contributed by atoms with van der Waals surface area (Å²) in [5.74, 6) is -0.163.